The van der Waals surface area contributed by atoms with Gasteiger partial charge >= 0.3 is 0 Å². The van der Waals surface area contributed by atoms with E-state index in [4.69, 9.17) is 4.52 Å². The number of benzene rings is 1. The second-order valence-corrected chi connectivity index (χ2v) is 8.58. The van der Waals surface area contributed by atoms with Gasteiger partial charge in [0.1, 0.15) is 5.69 Å². The number of nitrogens with one attached hydrogen (secondary N) is 1. The van der Waals surface area contributed by atoms with Crippen molar-refractivity contribution >= 4 is 10.0 Å². The highest BCUT2D eigenvalue weighted by Crippen LogP contribution is 2.31. The Kier molecular flexibility index (Phi) is 4.92. The first kappa shape index (κ1) is 18.7. The van der Waals surface area contributed by atoms with Gasteiger partial charge in [0, 0.05) is 25.0 Å². The molecule has 0 spiro atoms. The molecule has 1 aliphatic heterocycles. The van der Waals surface area contributed by atoms with Crippen molar-refractivity contribution in [1.82, 2.24) is 29.7 Å². The molecule has 3 aromatic rings. The second-order valence-electron chi connectivity index (χ2n) is 6.87. The smallest absolute Gasteiger partial charge is 0.244 e. The summed E-state index contributed by atoms with van der Waals surface area (Å²) < 4.78 is 33.5. The average Bonchev–Trinajstić information content (AvgIpc) is 3.29. The standard InChI is InChI=1S/C18H20N6O3S/c1-12-3-5-14(6-4-12)28(25,26)23-13-9-16(24(2)11-13)18-21-17(22-27-18)15-10-19-7-8-20-15/h3-8,10,13,16,23H,9,11H2,1-2H3. The van der Waals surface area contributed by atoms with Crippen molar-refractivity contribution in [2.45, 2.75) is 30.3 Å². The quantitative estimate of drug-likeness (QED) is 0.686. The third-order valence-electron chi connectivity index (χ3n) is 4.72. The van der Waals surface area contributed by atoms with E-state index in [0.717, 1.165) is 5.56 Å². The van der Waals surface area contributed by atoms with Gasteiger partial charge in [-0.25, -0.2) is 18.1 Å². The molecule has 4 rings (SSSR count). The Morgan fingerprint density at radius 3 is 2.71 bits per heavy atom. The van der Waals surface area contributed by atoms with Crippen molar-refractivity contribution in [3.05, 3.63) is 54.3 Å². The predicted octanol–water partition coefficient (Wildman–Crippen LogP) is 1.56. The van der Waals surface area contributed by atoms with Gasteiger partial charge in [-0.05, 0) is 32.5 Å². The highest BCUT2D eigenvalue weighted by atomic mass is 32.2. The Morgan fingerprint density at radius 2 is 2.00 bits per heavy atom. The molecule has 0 amide bonds. The van der Waals surface area contributed by atoms with Crippen molar-refractivity contribution in [3.8, 4) is 11.5 Å². The van der Waals surface area contributed by atoms with Crippen LogP contribution in [0.15, 0.2) is 52.3 Å². The fourth-order valence-corrected chi connectivity index (χ4v) is 4.51. The summed E-state index contributed by atoms with van der Waals surface area (Å²) in [5.74, 6) is 0.792. The maximum absolute atomic E-state index is 12.6. The molecule has 3 heterocycles. The molecular formula is C18H20N6O3S. The summed E-state index contributed by atoms with van der Waals surface area (Å²) >= 11 is 0. The van der Waals surface area contributed by atoms with Crippen LogP contribution in [0.3, 0.4) is 0 Å². The van der Waals surface area contributed by atoms with Crippen LogP contribution in [0.5, 0.6) is 0 Å². The zero-order chi connectivity index (χ0) is 19.7. The van der Waals surface area contributed by atoms with Crippen LogP contribution < -0.4 is 4.72 Å². The molecule has 2 aromatic heterocycles. The number of likely N-dealkylation sites (N-methyl/N-ethyl adjacent to an activating group) is 1. The molecule has 0 radical (unpaired) electrons. The van der Waals surface area contributed by atoms with E-state index in [9.17, 15) is 8.42 Å². The lowest BCUT2D eigenvalue weighted by molar-refractivity contribution is 0.244. The Labute approximate surface area is 162 Å². The molecule has 1 fully saturated rings. The van der Waals surface area contributed by atoms with Crippen LogP contribution in [-0.2, 0) is 10.0 Å². The van der Waals surface area contributed by atoms with E-state index in [-0.39, 0.29) is 17.0 Å². The molecule has 0 saturated carbocycles. The molecule has 2 atom stereocenters. The van der Waals surface area contributed by atoms with Crippen LogP contribution in [0, 0.1) is 6.92 Å². The molecule has 0 bridgehead atoms. The molecule has 2 unspecified atom stereocenters. The minimum atomic E-state index is -3.59. The molecule has 1 aliphatic rings. The van der Waals surface area contributed by atoms with Crippen LogP contribution in [0.2, 0.25) is 0 Å². The lowest BCUT2D eigenvalue weighted by Crippen LogP contribution is -2.36. The van der Waals surface area contributed by atoms with Crippen molar-refractivity contribution in [1.29, 1.82) is 0 Å². The van der Waals surface area contributed by atoms with Crippen LogP contribution in [-0.4, -0.2) is 53.1 Å². The minimum Gasteiger partial charge on any atom is -0.337 e. The Morgan fingerprint density at radius 1 is 1.21 bits per heavy atom. The van der Waals surface area contributed by atoms with Crippen LogP contribution >= 0.6 is 0 Å². The number of rotatable bonds is 5. The van der Waals surface area contributed by atoms with E-state index < -0.39 is 10.0 Å². The summed E-state index contributed by atoms with van der Waals surface area (Å²) in [4.78, 5) is 14.8. The largest absolute Gasteiger partial charge is 0.337 e. The third-order valence-corrected chi connectivity index (χ3v) is 6.26. The summed E-state index contributed by atoms with van der Waals surface area (Å²) in [7, 11) is -1.69. The van der Waals surface area contributed by atoms with Gasteiger partial charge in [-0.2, -0.15) is 4.98 Å². The fraction of sp³-hybridized carbons (Fsp3) is 0.333. The number of likely N-dealkylation sites (tertiary alicyclic amines) is 1. The maximum Gasteiger partial charge on any atom is 0.244 e. The van der Waals surface area contributed by atoms with E-state index in [1.807, 2.05) is 18.9 Å². The SMILES string of the molecule is Cc1ccc(S(=O)(=O)NC2CC(c3nc(-c4cnccn4)no3)N(C)C2)cc1. The first-order valence-electron chi connectivity index (χ1n) is 8.81. The topological polar surface area (TPSA) is 114 Å². The minimum absolute atomic E-state index is 0.177. The highest BCUT2D eigenvalue weighted by Gasteiger charge is 2.36. The number of aryl methyl sites for hydroxylation is 1. The summed E-state index contributed by atoms with van der Waals surface area (Å²) in [5.41, 5.74) is 1.53. The van der Waals surface area contributed by atoms with E-state index in [1.54, 1.807) is 42.9 Å². The van der Waals surface area contributed by atoms with E-state index in [2.05, 4.69) is 24.8 Å². The van der Waals surface area contributed by atoms with E-state index in [1.165, 1.54) is 0 Å². The molecule has 1 saturated heterocycles. The van der Waals surface area contributed by atoms with Gasteiger partial charge in [0.05, 0.1) is 17.1 Å². The normalized spacial score (nSPS) is 20.5. The molecule has 0 aliphatic carbocycles. The molecule has 28 heavy (non-hydrogen) atoms. The van der Waals surface area contributed by atoms with Gasteiger partial charge < -0.3 is 4.52 Å². The predicted molar refractivity (Wildman–Crippen MR) is 101 cm³/mol. The van der Waals surface area contributed by atoms with Crippen LogP contribution in [0.4, 0.5) is 0 Å². The number of hydrogen-bond donors (Lipinski definition) is 1. The van der Waals surface area contributed by atoms with Gasteiger partial charge in [-0.3, -0.25) is 9.88 Å². The summed E-state index contributed by atoms with van der Waals surface area (Å²) in [6.45, 7) is 2.46. The zero-order valence-electron chi connectivity index (χ0n) is 15.5. The molecule has 10 heteroatoms. The van der Waals surface area contributed by atoms with Crippen LogP contribution in [0.25, 0.3) is 11.5 Å². The third kappa shape index (κ3) is 3.79. The van der Waals surface area contributed by atoms with Gasteiger partial charge in [0.2, 0.25) is 21.7 Å². The molecule has 1 N–H and O–H groups in total. The number of sulfonamides is 1. The number of hydrogen-bond acceptors (Lipinski definition) is 8. The maximum atomic E-state index is 12.6. The second kappa shape index (κ2) is 7.38. The van der Waals surface area contributed by atoms with Gasteiger partial charge in [0.15, 0.2) is 0 Å². The average molecular weight is 400 g/mol. The number of aromatic nitrogens is 4. The Balaban J connectivity index is 1.48. The molecule has 1 aromatic carbocycles. The summed E-state index contributed by atoms with van der Waals surface area (Å²) in [5, 5.41) is 3.97. The summed E-state index contributed by atoms with van der Waals surface area (Å²) in [6.07, 6.45) is 5.22. The highest BCUT2D eigenvalue weighted by molar-refractivity contribution is 7.89. The molecule has 146 valence electrons. The van der Waals surface area contributed by atoms with Crippen molar-refractivity contribution < 1.29 is 12.9 Å². The Hall–Kier alpha value is -2.69. The molecule has 9 nitrogen and oxygen atoms in total. The number of nitrogens with zero attached hydrogens (tertiary/aromatic N) is 5. The van der Waals surface area contributed by atoms with Crippen molar-refractivity contribution in [2.24, 2.45) is 0 Å². The van der Waals surface area contributed by atoms with Crippen molar-refractivity contribution in [2.75, 3.05) is 13.6 Å². The Bertz CT molecular complexity index is 1050. The first-order valence-corrected chi connectivity index (χ1v) is 10.3. The van der Waals surface area contributed by atoms with E-state index in [0.29, 0.717) is 30.4 Å². The van der Waals surface area contributed by atoms with Crippen LogP contribution in [0.1, 0.15) is 23.9 Å². The lowest BCUT2D eigenvalue weighted by Gasteiger charge is -2.14. The zero-order valence-corrected chi connectivity index (χ0v) is 16.3. The molecular weight excluding hydrogens is 380 g/mol. The fourth-order valence-electron chi connectivity index (χ4n) is 3.27. The summed E-state index contributed by atoms with van der Waals surface area (Å²) in [6, 6.07) is 6.35. The first-order chi connectivity index (χ1) is 13.4. The van der Waals surface area contributed by atoms with Crippen molar-refractivity contribution in [3.63, 3.8) is 0 Å². The van der Waals surface area contributed by atoms with Gasteiger partial charge in [0.25, 0.3) is 0 Å². The van der Waals surface area contributed by atoms with Gasteiger partial charge in [-0.15, -0.1) is 0 Å². The van der Waals surface area contributed by atoms with E-state index >= 15 is 0 Å². The monoisotopic (exact) mass is 400 g/mol. The lowest BCUT2D eigenvalue weighted by atomic mass is 10.2. The van der Waals surface area contributed by atoms with Gasteiger partial charge in [-0.1, -0.05) is 22.9 Å².